The van der Waals surface area contributed by atoms with E-state index < -0.39 is 0 Å². The molecule has 0 saturated carbocycles. The maximum Gasteiger partial charge on any atom is 0.0766 e. The van der Waals surface area contributed by atoms with Crippen molar-refractivity contribution in [2.45, 2.75) is 6.04 Å². The zero-order valence-electron chi connectivity index (χ0n) is 8.13. The van der Waals surface area contributed by atoms with Crippen LogP contribution < -0.4 is 11.1 Å². The first-order valence-electron chi connectivity index (χ1n) is 4.66. The first-order valence-corrected chi connectivity index (χ1v) is 5.03. The summed E-state index contributed by atoms with van der Waals surface area (Å²) in [4.78, 5) is 2.24. The lowest BCUT2D eigenvalue weighted by Crippen LogP contribution is -2.52. The quantitative estimate of drug-likeness (QED) is 0.731. The fraction of sp³-hybridized carbons (Fsp3) is 0.400. The fourth-order valence-electron chi connectivity index (χ4n) is 1.69. The van der Waals surface area contributed by atoms with Crippen LogP contribution in [0.5, 0.6) is 0 Å². The molecule has 0 bridgehead atoms. The summed E-state index contributed by atoms with van der Waals surface area (Å²) >= 11 is 6.03. The Hall–Kier alpha value is -0.930. The Morgan fingerprint density at radius 2 is 2.21 bits per heavy atom. The Bertz CT molecular complexity index is 314. The molecule has 0 aliphatic carbocycles. The van der Waals surface area contributed by atoms with Gasteiger partial charge in [0.2, 0.25) is 0 Å². The van der Waals surface area contributed by atoms with Gasteiger partial charge < -0.3 is 16.0 Å². The third-order valence-corrected chi connectivity index (χ3v) is 2.77. The Kier molecular flexibility index (Phi) is 2.52. The minimum absolute atomic E-state index is 0.474. The SMILES string of the molecule is CN1CC(Nc2c(N)cccc2Cl)C1. The number of halogens is 1. The smallest absolute Gasteiger partial charge is 0.0766 e. The summed E-state index contributed by atoms with van der Waals surface area (Å²) in [6.07, 6.45) is 0. The van der Waals surface area contributed by atoms with Crippen molar-refractivity contribution in [2.75, 3.05) is 31.2 Å². The highest BCUT2D eigenvalue weighted by atomic mass is 35.5. The third-order valence-electron chi connectivity index (χ3n) is 2.46. The maximum absolute atomic E-state index is 6.03. The van der Waals surface area contributed by atoms with E-state index in [1.165, 1.54) is 0 Å². The Morgan fingerprint density at radius 3 is 2.79 bits per heavy atom. The van der Waals surface area contributed by atoms with E-state index in [0.29, 0.717) is 16.8 Å². The van der Waals surface area contributed by atoms with Gasteiger partial charge in [0.1, 0.15) is 0 Å². The molecule has 2 rings (SSSR count). The number of nitrogens with zero attached hydrogens (tertiary/aromatic N) is 1. The number of hydrogen-bond donors (Lipinski definition) is 2. The standard InChI is InChI=1S/C10H14ClN3/c1-14-5-7(6-14)13-10-8(11)3-2-4-9(10)12/h2-4,7,13H,5-6,12H2,1H3. The number of hydrogen-bond acceptors (Lipinski definition) is 3. The van der Waals surface area contributed by atoms with E-state index in [1.54, 1.807) is 0 Å². The topological polar surface area (TPSA) is 41.3 Å². The maximum atomic E-state index is 6.03. The average Bonchev–Trinajstić information content (AvgIpc) is 2.08. The van der Waals surface area contributed by atoms with E-state index in [9.17, 15) is 0 Å². The van der Waals surface area contributed by atoms with Crippen LogP contribution in [0.15, 0.2) is 18.2 Å². The van der Waals surface area contributed by atoms with Crippen molar-refractivity contribution >= 4 is 23.0 Å². The summed E-state index contributed by atoms with van der Waals surface area (Å²) in [6, 6.07) is 6.04. The van der Waals surface area contributed by atoms with Crippen LogP contribution >= 0.6 is 11.6 Å². The summed E-state index contributed by atoms with van der Waals surface area (Å²) < 4.78 is 0. The van der Waals surface area contributed by atoms with E-state index in [0.717, 1.165) is 18.8 Å². The molecule has 1 aliphatic rings. The molecule has 3 nitrogen and oxygen atoms in total. The molecule has 1 fully saturated rings. The van der Waals surface area contributed by atoms with Crippen molar-refractivity contribution in [1.29, 1.82) is 0 Å². The summed E-state index contributed by atoms with van der Waals surface area (Å²) in [5, 5.41) is 4.04. The summed E-state index contributed by atoms with van der Waals surface area (Å²) in [7, 11) is 2.09. The summed E-state index contributed by atoms with van der Waals surface area (Å²) in [5.41, 5.74) is 7.41. The highest BCUT2D eigenvalue weighted by Crippen LogP contribution is 2.29. The normalized spacial score (nSPS) is 17.9. The minimum atomic E-state index is 0.474. The van der Waals surface area contributed by atoms with Gasteiger partial charge in [0, 0.05) is 13.1 Å². The molecule has 0 aromatic heterocycles. The summed E-state index contributed by atoms with van der Waals surface area (Å²) in [5.74, 6) is 0. The molecule has 0 radical (unpaired) electrons. The van der Waals surface area contributed by atoms with Gasteiger partial charge in [-0.1, -0.05) is 17.7 Å². The molecule has 1 aliphatic heterocycles. The minimum Gasteiger partial charge on any atom is -0.397 e. The number of likely N-dealkylation sites (tertiary alicyclic amines) is 1. The molecule has 0 unspecified atom stereocenters. The van der Waals surface area contributed by atoms with E-state index >= 15 is 0 Å². The largest absolute Gasteiger partial charge is 0.397 e. The number of anilines is 2. The van der Waals surface area contributed by atoms with Gasteiger partial charge in [-0.15, -0.1) is 0 Å². The zero-order chi connectivity index (χ0) is 10.1. The molecule has 0 amide bonds. The lowest BCUT2D eigenvalue weighted by atomic mass is 10.1. The van der Waals surface area contributed by atoms with Crippen LogP contribution in [0.25, 0.3) is 0 Å². The van der Waals surface area contributed by atoms with Crippen LogP contribution in [0.2, 0.25) is 5.02 Å². The lowest BCUT2D eigenvalue weighted by Gasteiger charge is -2.37. The van der Waals surface area contributed by atoms with Crippen LogP contribution in [-0.4, -0.2) is 31.1 Å². The van der Waals surface area contributed by atoms with Crippen molar-refractivity contribution in [1.82, 2.24) is 4.90 Å². The Morgan fingerprint density at radius 1 is 1.50 bits per heavy atom. The zero-order valence-corrected chi connectivity index (χ0v) is 8.88. The van der Waals surface area contributed by atoms with Gasteiger partial charge in [-0.2, -0.15) is 0 Å². The van der Waals surface area contributed by atoms with Crippen LogP contribution in [0.4, 0.5) is 11.4 Å². The molecule has 1 heterocycles. The third kappa shape index (κ3) is 1.79. The number of para-hydroxylation sites is 1. The molecule has 1 saturated heterocycles. The second kappa shape index (κ2) is 3.67. The van der Waals surface area contributed by atoms with Crippen LogP contribution in [0, 0.1) is 0 Å². The first-order chi connectivity index (χ1) is 6.66. The lowest BCUT2D eigenvalue weighted by molar-refractivity contribution is 0.205. The number of nitrogens with one attached hydrogen (secondary N) is 1. The van der Waals surface area contributed by atoms with Gasteiger partial charge in [0.15, 0.2) is 0 Å². The number of rotatable bonds is 2. The average molecular weight is 212 g/mol. The predicted octanol–water partition coefficient (Wildman–Crippen LogP) is 1.65. The molecular formula is C10H14ClN3. The van der Waals surface area contributed by atoms with Crippen LogP contribution in [0.3, 0.4) is 0 Å². The van der Waals surface area contributed by atoms with Gasteiger partial charge in [-0.3, -0.25) is 0 Å². The molecule has 14 heavy (non-hydrogen) atoms. The molecule has 76 valence electrons. The van der Waals surface area contributed by atoms with Crippen LogP contribution in [-0.2, 0) is 0 Å². The van der Waals surface area contributed by atoms with E-state index in [1.807, 2.05) is 18.2 Å². The van der Waals surface area contributed by atoms with Crippen molar-refractivity contribution in [3.63, 3.8) is 0 Å². The van der Waals surface area contributed by atoms with Crippen LogP contribution in [0.1, 0.15) is 0 Å². The summed E-state index contributed by atoms with van der Waals surface area (Å²) in [6.45, 7) is 2.09. The molecule has 3 N–H and O–H groups in total. The van der Waals surface area contributed by atoms with E-state index in [2.05, 4.69) is 17.3 Å². The second-order valence-corrected chi connectivity index (χ2v) is 4.17. The highest BCUT2D eigenvalue weighted by molar-refractivity contribution is 6.33. The van der Waals surface area contributed by atoms with Crippen molar-refractivity contribution in [3.05, 3.63) is 23.2 Å². The second-order valence-electron chi connectivity index (χ2n) is 3.77. The van der Waals surface area contributed by atoms with Crippen molar-refractivity contribution < 1.29 is 0 Å². The monoisotopic (exact) mass is 211 g/mol. The molecule has 4 heteroatoms. The Balaban J connectivity index is 2.09. The van der Waals surface area contributed by atoms with Gasteiger partial charge in [-0.25, -0.2) is 0 Å². The van der Waals surface area contributed by atoms with Gasteiger partial charge in [0.25, 0.3) is 0 Å². The molecule has 1 aromatic carbocycles. The fourth-order valence-corrected chi connectivity index (χ4v) is 1.92. The Labute approximate surface area is 88.8 Å². The molecule has 0 atom stereocenters. The predicted molar refractivity (Wildman–Crippen MR) is 60.8 cm³/mol. The molecular weight excluding hydrogens is 198 g/mol. The number of nitrogen functional groups attached to an aromatic ring is 1. The van der Waals surface area contributed by atoms with Gasteiger partial charge >= 0.3 is 0 Å². The van der Waals surface area contributed by atoms with Gasteiger partial charge in [0.05, 0.1) is 22.4 Å². The number of benzene rings is 1. The molecule has 1 aromatic rings. The van der Waals surface area contributed by atoms with E-state index in [-0.39, 0.29) is 0 Å². The highest BCUT2D eigenvalue weighted by Gasteiger charge is 2.23. The first kappa shape index (κ1) is 9.62. The molecule has 0 spiro atoms. The van der Waals surface area contributed by atoms with Crippen molar-refractivity contribution in [3.8, 4) is 0 Å². The van der Waals surface area contributed by atoms with Gasteiger partial charge in [-0.05, 0) is 19.2 Å². The van der Waals surface area contributed by atoms with E-state index in [4.69, 9.17) is 17.3 Å². The van der Waals surface area contributed by atoms with Crippen molar-refractivity contribution in [2.24, 2.45) is 0 Å². The number of nitrogens with two attached hydrogens (primary N) is 1. The number of likely N-dealkylation sites (N-methyl/N-ethyl adjacent to an activating group) is 1.